The summed E-state index contributed by atoms with van der Waals surface area (Å²) in [6.45, 7) is 5.28. The molecule has 4 nitrogen and oxygen atoms in total. The number of aromatic nitrogens is 3. The summed E-state index contributed by atoms with van der Waals surface area (Å²) in [7, 11) is 0. The van der Waals surface area contributed by atoms with Crippen LogP contribution in [0.4, 0.5) is 0 Å². The molecule has 0 amide bonds. The maximum atomic E-state index is 4.84. The zero-order valence-electron chi connectivity index (χ0n) is 12.0. The van der Waals surface area contributed by atoms with Crippen molar-refractivity contribution in [2.45, 2.75) is 32.7 Å². The highest BCUT2D eigenvalue weighted by Gasteiger charge is 2.15. The van der Waals surface area contributed by atoms with E-state index in [0.29, 0.717) is 0 Å². The minimum absolute atomic E-state index is 0.773. The highest BCUT2D eigenvalue weighted by molar-refractivity contribution is 5.54. The molecule has 1 aliphatic rings. The van der Waals surface area contributed by atoms with Gasteiger partial charge in [-0.25, -0.2) is 0 Å². The predicted octanol–water partition coefficient (Wildman–Crippen LogP) is 2.51. The molecule has 0 bridgehead atoms. The summed E-state index contributed by atoms with van der Waals surface area (Å²) in [4.78, 5) is 4.84. The third-order valence-electron chi connectivity index (χ3n) is 4.04. The third-order valence-corrected chi connectivity index (χ3v) is 4.04. The van der Waals surface area contributed by atoms with Gasteiger partial charge in [0, 0.05) is 18.4 Å². The van der Waals surface area contributed by atoms with Gasteiger partial charge in [-0.05, 0) is 63.4 Å². The summed E-state index contributed by atoms with van der Waals surface area (Å²) in [6, 6.07) is 8.39. The Hall–Kier alpha value is -1.68. The van der Waals surface area contributed by atoms with Gasteiger partial charge in [0.05, 0.1) is 11.4 Å². The number of pyridine rings is 1. The first kappa shape index (κ1) is 13.3. The molecule has 0 saturated carbocycles. The predicted molar refractivity (Wildman–Crippen MR) is 80.4 cm³/mol. The van der Waals surface area contributed by atoms with Gasteiger partial charge in [0.25, 0.3) is 0 Å². The quantitative estimate of drug-likeness (QED) is 0.928. The van der Waals surface area contributed by atoms with Crippen molar-refractivity contribution in [2.75, 3.05) is 13.1 Å². The number of aryl methyl sites for hydroxylation is 1. The summed E-state index contributed by atoms with van der Waals surface area (Å²) in [6.07, 6.45) is 5.47. The zero-order chi connectivity index (χ0) is 13.8. The van der Waals surface area contributed by atoms with Crippen molar-refractivity contribution in [1.29, 1.82) is 0 Å². The Labute approximate surface area is 120 Å². The molecule has 0 radical (unpaired) electrons. The van der Waals surface area contributed by atoms with Crippen LogP contribution in [0.5, 0.6) is 0 Å². The fraction of sp³-hybridized carbons (Fsp3) is 0.500. The average Bonchev–Trinajstić information content (AvgIpc) is 2.97. The van der Waals surface area contributed by atoms with E-state index in [1.165, 1.54) is 18.5 Å². The summed E-state index contributed by atoms with van der Waals surface area (Å²) >= 11 is 0. The van der Waals surface area contributed by atoms with E-state index in [4.69, 9.17) is 4.98 Å². The van der Waals surface area contributed by atoms with Crippen LogP contribution in [0, 0.1) is 5.92 Å². The monoisotopic (exact) mass is 270 g/mol. The van der Waals surface area contributed by atoms with E-state index < -0.39 is 0 Å². The fourth-order valence-electron chi connectivity index (χ4n) is 2.92. The summed E-state index contributed by atoms with van der Waals surface area (Å²) in [5.41, 5.74) is 3.36. The van der Waals surface area contributed by atoms with E-state index in [1.807, 2.05) is 16.9 Å². The maximum Gasteiger partial charge on any atom is 0.0886 e. The van der Waals surface area contributed by atoms with Gasteiger partial charge in [-0.3, -0.25) is 9.67 Å². The molecule has 4 heteroatoms. The molecule has 20 heavy (non-hydrogen) atoms. The first-order chi connectivity index (χ1) is 9.86. The van der Waals surface area contributed by atoms with Crippen molar-refractivity contribution in [3.05, 3.63) is 36.2 Å². The largest absolute Gasteiger partial charge is 0.317 e. The Bertz CT molecular complexity index is 555. The molecule has 0 aliphatic carbocycles. The SMILES string of the molecule is CCn1nccc1-c1cccc(CC2CCNCC2)n1. The van der Waals surface area contributed by atoms with Crippen LogP contribution >= 0.6 is 0 Å². The van der Waals surface area contributed by atoms with Gasteiger partial charge in [0.2, 0.25) is 0 Å². The number of piperidine rings is 1. The van der Waals surface area contributed by atoms with Crippen LogP contribution in [-0.4, -0.2) is 27.9 Å². The van der Waals surface area contributed by atoms with E-state index in [2.05, 4.69) is 35.5 Å². The van der Waals surface area contributed by atoms with Crippen LogP contribution < -0.4 is 5.32 Å². The summed E-state index contributed by atoms with van der Waals surface area (Å²) in [5.74, 6) is 0.773. The molecule has 1 fully saturated rings. The van der Waals surface area contributed by atoms with Crippen molar-refractivity contribution >= 4 is 0 Å². The Morgan fingerprint density at radius 1 is 1.25 bits per heavy atom. The van der Waals surface area contributed by atoms with Gasteiger partial charge in [0.15, 0.2) is 0 Å². The summed E-state index contributed by atoms with van der Waals surface area (Å²) < 4.78 is 2.00. The molecule has 3 heterocycles. The van der Waals surface area contributed by atoms with Gasteiger partial charge in [-0.15, -0.1) is 0 Å². The van der Waals surface area contributed by atoms with E-state index in [-0.39, 0.29) is 0 Å². The Morgan fingerprint density at radius 2 is 2.10 bits per heavy atom. The minimum Gasteiger partial charge on any atom is -0.317 e. The molecular formula is C16H22N4. The molecule has 1 saturated heterocycles. The highest BCUT2D eigenvalue weighted by Crippen LogP contribution is 2.20. The lowest BCUT2D eigenvalue weighted by Gasteiger charge is -2.22. The van der Waals surface area contributed by atoms with Crippen LogP contribution in [0.15, 0.2) is 30.5 Å². The number of rotatable bonds is 4. The fourth-order valence-corrected chi connectivity index (χ4v) is 2.92. The normalized spacial score (nSPS) is 16.4. The number of hydrogen-bond donors (Lipinski definition) is 1. The lowest BCUT2D eigenvalue weighted by molar-refractivity contribution is 0.370. The zero-order valence-corrected chi connectivity index (χ0v) is 12.0. The van der Waals surface area contributed by atoms with Crippen molar-refractivity contribution in [3.63, 3.8) is 0 Å². The first-order valence-corrected chi connectivity index (χ1v) is 7.55. The topological polar surface area (TPSA) is 42.7 Å². The van der Waals surface area contributed by atoms with E-state index in [9.17, 15) is 0 Å². The van der Waals surface area contributed by atoms with Crippen LogP contribution in [-0.2, 0) is 13.0 Å². The van der Waals surface area contributed by atoms with Crippen LogP contribution in [0.2, 0.25) is 0 Å². The average molecular weight is 270 g/mol. The molecular weight excluding hydrogens is 248 g/mol. The van der Waals surface area contributed by atoms with Crippen molar-refractivity contribution in [2.24, 2.45) is 5.92 Å². The van der Waals surface area contributed by atoms with E-state index >= 15 is 0 Å². The molecule has 106 valence electrons. The molecule has 0 spiro atoms. The van der Waals surface area contributed by atoms with Gasteiger partial charge in [-0.2, -0.15) is 5.10 Å². The number of hydrogen-bond acceptors (Lipinski definition) is 3. The molecule has 3 rings (SSSR count). The van der Waals surface area contributed by atoms with Crippen LogP contribution in [0.1, 0.15) is 25.5 Å². The third kappa shape index (κ3) is 2.90. The lowest BCUT2D eigenvalue weighted by atomic mass is 9.93. The second kappa shape index (κ2) is 6.18. The van der Waals surface area contributed by atoms with Gasteiger partial charge < -0.3 is 5.32 Å². The smallest absolute Gasteiger partial charge is 0.0886 e. The number of nitrogens with zero attached hydrogens (tertiary/aromatic N) is 3. The lowest BCUT2D eigenvalue weighted by Crippen LogP contribution is -2.28. The van der Waals surface area contributed by atoms with E-state index in [1.54, 1.807) is 0 Å². The second-order valence-corrected chi connectivity index (χ2v) is 5.44. The highest BCUT2D eigenvalue weighted by atomic mass is 15.3. The van der Waals surface area contributed by atoms with Crippen LogP contribution in [0.3, 0.4) is 0 Å². The van der Waals surface area contributed by atoms with E-state index in [0.717, 1.165) is 43.4 Å². The molecule has 0 unspecified atom stereocenters. The first-order valence-electron chi connectivity index (χ1n) is 7.55. The molecule has 2 aromatic heterocycles. The van der Waals surface area contributed by atoms with Gasteiger partial charge >= 0.3 is 0 Å². The number of nitrogens with one attached hydrogen (secondary N) is 1. The van der Waals surface area contributed by atoms with Crippen LogP contribution in [0.25, 0.3) is 11.4 Å². The van der Waals surface area contributed by atoms with Crippen molar-refractivity contribution < 1.29 is 0 Å². The molecule has 2 aromatic rings. The van der Waals surface area contributed by atoms with Crippen molar-refractivity contribution in [3.8, 4) is 11.4 Å². The van der Waals surface area contributed by atoms with Gasteiger partial charge in [0.1, 0.15) is 0 Å². The Balaban J connectivity index is 1.78. The molecule has 0 atom stereocenters. The maximum absolute atomic E-state index is 4.84. The molecule has 1 aliphatic heterocycles. The Kier molecular flexibility index (Phi) is 4.11. The Morgan fingerprint density at radius 3 is 2.90 bits per heavy atom. The molecule has 0 aromatic carbocycles. The van der Waals surface area contributed by atoms with Gasteiger partial charge in [-0.1, -0.05) is 6.07 Å². The standard InChI is InChI=1S/C16H22N4/c1-2-20-16(8-11-18-20)15-5-3-4-14(19-15)12-13-6-9-17-10-7-13/h3-5,8,11,13,17H,2,6-7,9-10,12H2,1H3. The second-order valence-electron chi connectivity index (χ2n) is 5.44. The molecule has 1 N–H and O–H groups in total. The summed E-state index contributed by atoms with van der Waals surface area (Å²) in [5, 5.41) is 7.74. The van der Waals surface area contributed by atoms with Crippen molar-refractivity contribution in [1.82, 2.24) is 20.1 Å². The minimum atomic E-state index is 0.773.